The Labute approximate surface area is 200 Å². The van der Waals surface area contributed by atoms with Gasteiger partial charge in [0.05, 0.1) is 23.2 Å². The predicted molar refractivity (Wildman–Crippen MR) is 131 cm³/mol. The Morgan fingerprint density at radius 1 is 1.21 bits per heavy atom. The van der Waals surface area contributed by atoms with Gasteiger partial charge >= 0.3 is 5.97 Å². The first-order chi connectivity index (χ1) is 15.7. The summed E-state index contributed by atoms with van der Waals surface area (Å²) < 4.78 is 5.70. The van der Waals surface area contributed by atoms with Crippen LogP contribution in [-0.2, 0) is 22.5 Å². The number of hydrogen-bond acceptors (Lipinski definition) is 6. The molecule has 2 aromatic rings. The summed E-state index contributed by atoms with van der Waals surface area (Å²) in [4.78, 5) is 29.4. The van der Waals surface area contributed by atoms with Gasteiger partial charge < -0.3 is 15.8 Å². The van der Waals surface area contributed by atoms with E-state index in [1.54, 1.807) is 6.08 Å². The average Bonchev–Trinajstić information content (AvgIpc) is 2.77. The zero-order valence-electron chi connectivity index (χ0n) is 19.7. The van der Waals surface area contributed by atoms with Gasteiger partial charge in [0.2, 0.25) is 5.24 Å². The van der Waals surface area contributed by atoms with E-state index in [2.05, 4.69) is 19.2 Å². The Morgan fingerprint density at radius 3 is 2.45 bits per heavy atom. The van der Waals surface area contributed by atoms with Crippen molar-refractivity contribution in [3.63, 3.8) is 0 Å². The second kappa shape index (κ2) is 11.1. The molecule has 0 saturated carbocycles. The highest BCUT2D eigenvalue weighted by atomic mass is 35.5. The van der Waals surface area contributed by atoms with Gasteiger partial charge in [0.25, 0.3) is 0 Å². The molecule has 6 nitrogen and oxygen atoms in total. The van der Waals surface area contributed by atoms with Crippen molar-refractivity contribution in [1.82, 2.24) is 10.3 Å². The van der Waals surface area contributed by atoms with Crippen LogP contribution in [0.3, 0.4) is 0 Å². The number of carbonyl (C=O) groups is 2. The lowest BCUT2D eigenvalue weighted by molar-refractivity contribution is -0.113. The van der Waals surface area contributed by atoms with Crippen LogP contribution in [0.2, 0.25) is 0 Å². The number of pyridine rings is 1. The highest BCUT2D eigenvalue weighted by Crippen LogP contribution is 2.33. The molecule has 0 fully saturated rings. The van der Waals surface area contributed by atoms with Gasteiger partial charge in [0, 0.05) is 24.3 Å². The first-order valence-electron chi connectivity index (χ1n) is 11.3. The van der Waals surface area contributed by atoms with Gasteiger partial charge in [0.1, 0.15) is 6.61 Å². The van der Waals surface area contributed by atoms with Crippen molar-refractivity contribution in [3.8, 4) is 11.1 Å². The third-order valence-corrected chi connectivity index (χ3v) is 6.06. The molecule has 0 radical (unpaired) electrons. The maximum Gasteiger partial charge on any atom is 0.340 e. The maximum atomic E-state index is 13.3. The number of hydrogen-bond donors (Lipinski definition) is 2. The molecule has 1 aromatic carbocycles. The Kier molecular flexibility index (Phi) is 8.40. The standard InChI is InChI=1S/C26H32ClN3O3/c1-15(2)11-22-21(12-28)24(18-7-5-16(3)6-8-18)23(17(4)30-22)26(32)33-14-20-10-9-19(13-29-20)25(27)31/h5-10,15,19-20,29H,11-14,28H2,1-4H3. The van der Waals surface area contributed by atoms with Gasteiger partial charge in [-0.1, -0.05) is 55.8 Å². The van der Waals surface area contributed by atoms with Crippen LogP contribution in [-0.4, -0.2) is 35.4 Å². The molecule has 1 aromatic heterocycles. The number of aryl methyl sites for hydroxylation is 2. The van der Waals surface area contributed by atoms with Gasteiger partial charge in [-0.15, -0.1) is 0 Å². The molecule has 1 aliphatic heterocycles. The predicted octanol–water partition coefficient (Wildman–Crippen LogP) is 4.09. The molecule has 1 aliphatic rings. The van der Waals surface area contributed by atoms with Crippen LogP contribution in [0, 0.1) is 25.7 Å². The number of nitrogens with one attached hydrogen (secondary N) is 1. The maximum absolute atomic E-state index is 13.3. The van der Waals surface area contributed by atoms with Gasteiger partial charge in [-0.2, -0.15) is 0 Å². The molecular weight excluding hydrogens is 438 g/mol. The molecule has 176 valence electrons. The Balaban J connectivity index is 1.96. The largest absolute Gasteiger partial charge is 0.460 e. The second-order valence-corrected chi connectivity index (χ2v) is 9.32. The van der Waals surface area contributed by atoms with Crippen LogP contribution in [0.25, 0.3) is 11.1 Å². The van der Waals surface area contributed by atoms with E-state index >= 15 is 0 Å². The smallest absolute Gasteiger partial charge is 0.340 e. The number of benzene rings is 1. The summed E-state index contributed by atoms with van der Waals surface area (Å²) in [5.74, 6) is -0.398. The second-order valence-electron chi connectivity index (χ2n) is 8.95. The third kappa shape index (κ3) is 6.08. The minimum Gasteiger partial charge on any atom is -0.460 e. The van der Waals surface area contributed by atoms with Crippen molar-refractivity contribution in [2.24, 2.45) is 17.6 Å². The molecule has 0 saturated heterocycles. The topological polar surface area (TPSA) is 94.3 Å². The Morgan fingerprint density at radius 2 is 1.91 bits per heavy atom. The summed E-state index contributed by atoms with van der Waals surface area (Å²) in [6.07, 6.45) is 4.34. The first kappa shape index (κ1) is 25.1. The summed E-state index contributed by atoms with van der Waals surface area (Å²) >= 11 is 5.55. The average molecular weight is 470 g/mol. The van der Waals surface area contributed by atoms with Gasteiger partial charge in [-0.05, 0) is 48.9 Å². The number of esters is 1. The van der Waals surface area contributed by atoms with E-state index in [0.29, 0.717) is 23.7 Å². The van der Waals surface area contributed by atoms with Crippen LogP contribution in [0.1, 0.15) is 46.7 Å². The quantitative estimate of drug-likeness (QED) is 0.343. The molecule has 0 amide bonds. The number of nitrogens with two attached hydrogens (primary N) is 1. The van der Waals surface area contributed by atoms with E-state index in [9.17, 15) is 9.59 Å². The first-order valence-corrected chi connectivity index (χ1v) is 11.7. The molecular formula is C26H32ClN3O3. The number of nitrogens with zero attached hydrogens (tertiary/aromatic N) is 1. The van der Waals surface area contributed by atoms with E-state index < -0.39 is 11.2 Å². The van der Waals surface area contributed by atoms with Gasteiger partial charge in [0.15, 0.2) is 0 Å². The molecule has 0 aliphatic carbocycles. The minimum atomic E-state index is -0.438. The van der Waals surface area contributed by atoms with Crippen molar-refractivity contribution < 1.29 is 14.3 Å². The minimum absolute atomic E-state index is 0.136. The van der Waals surface area contributed by atoms with Gasteiger partial charge in [-0.25, -0.2) is 4.79 Å². The normalized spacial score (nSPS) is 17.9. The Bertz CT molecular complexity index is 1050. The molecule has 0 spiro atoms. The SMILES string of the molecule is Cc1ccc(-c2c(CN)c(CC(C)C)nc(C)c2C(=O)OCC2C=CC(C(=O)Cl)CN2)cc1. The summed E-state index contributed by atoms with van der Waals surface area (Å²) in [5.41, 5.74) is 11.9. The lowest BCUT2D eigenvalue weighted by Crippen LogP contribution is -2.40. The third-order valence-electron chi connectivity index (χ3n) is 5.78. The molecule has 3 rings (SSSR count). The van der Waals surface area contributed by atoms with E-state index in [0.717, 1.165) is 34.4 Å². The van der Waals surface area contributed by atoms with Crippen LogP contribution < -0.4 is 11.1 Å². The molecule has 7 heteroatoms. The zero-order valence-corrected chi connectivity index (χ0v) is 20.4. The van der Waals surface area contributed by atoms with Crippen LogP contribution in [0.15, 0.2) is 36.4 Å². The Hall–Kier alpha value is -2.54. The fraction of sp³-hybridized carbons (Fsp3) is 0.423. The number of rotatable bonds is 8. The molecule has 2 heterocycles. The highest BCUT2D eigenvalue weighted by Gasteiger charge is 2.26. The number of halogens is 1. The fourth-order valence-corrected chi connectivity index (χ4v) is 4.21. The van der Waals surface area contributed by atoms with E-state index in [1.165, 1.54) is 0 Å². The van der Waals surface area contributed by atoms with Crippen molar-refractivity contribution in [1.29, 1.82) is 0 Å². The molecule has 3 N–H and O–H groups in total. The number of carbonyl (C=O) groups excluding carboxylic acids is 2. The zero-order chi connectivity index (χ0) is 24.1. The van der Waals surface area contributed by atoms with Crippen LogP contribution >= 0.6 is 11.6 Å². The van der Waals surface area contributed by atoms with Crippen LogP contribution in [0.5, 0.6) is 0 Å². The number of aromatic nitrogens is 1. The summed E-state index contributed by atoms with van der Waals surface area (Å²) in [6, 6.07) is 7.87. The van der Waals surface area contributed by atoms with Gasteiger partial charge in [-0.3, -0.25) is 9.78 Å². The molecule has 2 unspecified atom stereocenters. The molecule has 33 heavy (non-hydrogen) atoms. The monoisotopic (exact) mass is 469 g/mol. The molecule has 2 atom stereocenters. The summed E-state index contributed by atoms with van der Waals surface area (Å²) in [7, 11) is 0. The van der Waals surface area contributed by atoms with Crippen molar-refractivity contribution in [2.75, 3.05) is 13.2 Å². The highest BCUT2D eigenvalue weighted by molar-refractivity contribution is 6.64. The van der Waals surface area contributed by atoms with E-state index in [1.807, 2.05) is 44.2 Å². The number of ether oxygens (including phenoxy) is 1. The van der Waals surface area contributed by atoms with Crippen molar-refractivity contribution in [3.05, 3.63) is 64.5 Å². The van der Waals surface area contributed by atoms with E-state index in [4.69, 9.17) is 27.1 Å². The lowest BCUT2D eigenvalue weighted by atomic mass is 9.90. The van der Waals surface area contributed by atoms with Crippen LogP contribution in [0.4, 0.5) is 0 Å². The van der Waals surface area contributed by atoms with E-state index in [-0.39, 0.29) is 25.1 Å². The summed E-state index contributed by atoms with van der Waals surface area (Å²) in [6.45, 7) is 8.97. The fourth-order valence-electron chi connectivity index (χ4n) is 4.06. The lowest BCUT2D eigenvalue weighted by Gasteiger charge is -2.23. The molecule has 0 bridgehead atoms. The van der Waals surface area contributed by atoms with Crippen molar-refractivity contribution in [2.45, 2.75) is 46.7 Å². The van der Waals surface area contributed by atoms with Crippen molar-refractivity contribution >= 4 is 22.8 Å². The summed E-state index contributed by atoms with van der Waals surface area (Å²) in [5, 5.41) is 2.76.